The SMILES string of the molecule is CCNC(=NCC(=O)NCCOC)NCCCNC(=O)OC(C)(C)C.I. The van der Waals surface area contributed by atoms with E-state index in [0.717, 1.165) is 0 Å². The lowest BCUT2D eigenvalue weighted by Crippen LogP contribution is -2.40. The Morgan fingerprint density at radius 2 is 1.65 bits per heavy atom. The van der Waals surface area contributed by atoms with Crippen molar-refractivity contribution in [1.82, 2.24) is 21.3 Å². The van der Waals surface area contributed by atoms with Crippen LogP contribution in [0.1, 0.15) is 34.1 Å². The number of ether oxygens (including phenoxy) is 2. The first-order valence-corrected chi connectivity index (χ1v) is 8.53. The van der Waals surface area contributed by atoms with Crippen LogP contribution in [0.4, 0.5) is 4.79 Å². The maximum atomic E-state index is 11.6. The fourth-order valence-corrected chi connectivity index (χ4v) is 1.64. The summed E-state index contributed by atoms with van der Waals surface area (Å²) in [7, 11) is 1.58. The Labute approximate surface area is 173 Å². The number of nitrogens with zero attached hydrogens (tertiary/aromatic N) is 1. The molecule has 0 aliphatic heterocycles. The van der Waals surface area contributed by atoms with E-state index >= 15 is 0 Å². The summed E-state index contributed by atoms with van der Waals surface area (Å²) in [6, 6.07) is 0. The van der Waals surface area contributed by atoms with Crippen molar-refractivity contribution in [3.05, 3.63) is 0 Å². The third-order valence-electron chi connectivity index (χ3n) is 2.67. The number of rotatable bonds is 10. The van der Waals surface area contributed by atoms with Gasteiger partial charge in [0.15, 0.2) is 5.96 Å². The summed E-state index contributed by atoms with van der Waals surface area (Å²) in [6.07, 6.45) is 0.268. The van der Waals surface area contributed by atoms with E-state index in [4.69, 9.17) is 9.47 Å². The van der Waals surface area contributed by atoms with Crippen LogP contribution in [0.2, 0.25) is 0 Å². The van der Waals surface area contributed by atoms with Gasteiger partial charge in [-0.25, -0.2) is 9.79 Å². The summed E-state index contributed by atoms with van der Waals surface area (Å²) < 4.78 is 10.0. The van der Waals surface area contributed by atoms with Crippen molar-refractivity contribution in [2.45, 2.75) is 39.7 Å². The molecule has 0 aliphatic rings. The van der Waals surface area contributed by atoms with Gasteiger partial charge in [0.1, 0.15) is 12.1 Å². The molecule has 2 amide bonds. The molecule has 0 heterocycles. The molecule has 0 unspecified atom stereocenters. The van der Waals surface area contributed by atoms with Crippen LogP contribution in [0.3, 0.4) is 0 Å². The predicted molar refractivity (Wildman–Crippen MR) is 113 cm³/mol. The monoisotopic (exact) mass is 487 g/mol. The van der Waals surface area contributed by atoms with Gasteiger partial charge < -0.3 is 30.7 Å². The molecule has 0 aromatic heterocycles. The van der Waals surface area contributed by atoms with E-state index in [-0.39, 0.29) is 36.4 Å². The van der Waals surface area contributed by atoms with Crippen molar-refractivity contribution in [2.24, 2.45) is 4.99 Å². The summed E-state index contributed by atoms with van der Waals surface area (Å²) in [5.74, 6) is 0.391. The fraction of sp³-hybridized carbons (Fsp3) is 0.812. The Morgan fingerprint density at radius 1 is 1.00 bits per heavy atom. The molecule has 0 saturated carbocycles. The van der Waals surface area contributed by atoms with E-state index in [1.54, 1.807) is 7.11 Å². The average Bonchev–Trinajstić information content (AvgIpc) is 2.50. The standard InChI is InChI=1S/C16H33N5O4.HI/c1-6-17-14(21-12-13(22)18-10-11-24-5)19-8-7-9-20-15(23)25-16(2,3)4;/h6-12H2,1-5H3,(H,18,22)(H,20,23)(H2,17,19,21);1H. The van der Waals surface area contributed by atoms with Crippen molar-refractivity contribution in [3.8, 4) is 0 Å². The number of carbonyl (C=O) groups excluding carboxylic acids is 2. The van der Waals surface area contributed by atoms with Crippen LogP contribution in [0.25, 0.3) is 0 Å². The van der Waals surface area contributed by atoms with Crippen molar-refractivity contribution < 1.29 is 19.1 Å². The number of hydrogen-bond donors (Lipinski definition) is 4. The maximum absolute atomic E-state index is 11.6. The second-order valence-corrected chi connectivity index (χ2v) is 6.25. The first-order valence-electron chi connectivity index (χ1n) is 8.53. The fourth-order valence-electron chi connectivity index (χ4n) is 1.64. The molecule has 0 saturated heterocycles. The molecule has 0 aromatic carbocycles. The topological polar surface area (TPSA) is 113 Å². The zero-order chi connectivity index (χ0) is 19.1. The van der Waals surface area contributed by atoms with Gasteiger partial charge in [-0.1, -0.05) is 0 Å². The smallest absolute Gasteiger partial charge is 0.407 e. The zero-order valence-corrected chi connectivity index (χ0v) is 18.8. The van der Waals surface area contributed by atoms with Crippen LogP contribution < -0.4 is 21.3 Å². The molecule has 0 fully saturated rings. The number of amides is 2. The molecule has 26 heavy (non-hydrogen) atoms. The van der Waals surface area contributed by atoms with Crippen molar-refractivity contribution in [3.63, 3.8) is 0 Å². The van der Waals surface area contributed by atoms with E-state index in [9.17, 15) is 9.59 Å². The van der Waals surface area contributed by atoms with E-state index in [1.807, 2.05) is 27.7 Å². The first-order chi connectivity index (χ1) is 11.8. The number of carbonyl (C=O) groups is 2. The molecule has 10 heteroatoms. The number of hydrogen-bond acceptors (Lipinski definition) is 5. The van der Waals surface area contributed by atoms with Crippen molar-refractivity contribution in [1.29, 1.82) is 0 Å². The highest BCUT2D eigenvalue weighted by Gasteiger charge is 2.15. The van der Waals surface area contributed by atoms with Gasteiger partial charge in [0, 0.05) is 33.3 Å². The highest BCUT2D eigenvalue weighted by Crippen LogP contribution is 2.06. The Hall–Kier alpha value is -1.30. The summed E-state index contributed by atoms with van der Waals surface area (Å²) in [5.41, 5.74) is -0.503. The molecule has 4 N–H and O–H groups in total. The van der Waals surface area contributed by atoms with Crippen molar-refractivity contribution >= 4 is 41.9 Å². The minimum atomic E-state index is -0.503. The normalized spacial score (nSPS) is 11.2. The molecule has 0 atom stereocenters. The van der Waals surface area contributed by atoms with Gasteiger partial charge in [0.2, 0.25) is 5.91 Å². The first kappa shape index (κ1) is 26.9. The van der Waals surface area contributed by atoms with Gasteiger partial charge in [-0.15, -0.1) is 24.0 Å². The maximum Gasteiger partial charge on any atom is 0.407 e. The van der Waals surface area contributed by atoms with Gasteiger partial charge in [-0.2, -0.15) is 0 Å². The molecule has 0 aromatic rings. The second-order valence-electron chi connectivity index (χ2n) is 6.25. The Balaban J connectivity index is 0. The highest BCUT2D eigenvalue weighted by molar-refractivity contribution is 14.0. The quantitative estimate of drug-likeness (QED) is 0.157. The summed E-state index contributed by atoms with van der Waals surface area (Å²) in [5, 5.41) is 11.6. The van der Waals surface area contributed by atoms with Crippen LogP contribution in [-0.4, -0.2) is 70.0 Å². The summed E-state index contributed by atoms with van der Waals surface area (Å²) in [6.45, 7) is 10.1. The van der Waals surface area contributed by atoms with E-state index in [0.29, 0.717) is 45.2 Å². The number of alkyl carbamates (subject to hydrolysis) is 1. The number of methoxy groups -OCH3 is 1. The molecule has 0 rings (SSSR count). The number of halogens is 1. The van der Waals surface area contributed by atoms with Crippen LogP contribution in [0.15, 0.2) is 4.99 Å². The van der Waals surface area contributed by atoms with E-state index in [1.165, 1.54) is 0 Å². The second kappa shape index (κ2) is 15.9. The molecule has 0 radical (unpaired) electrons. The van der Waals surface area contributed by atoms with Crippen LogP contribution in [0, 0.1) is 0 Å². The summed E-state index contributed by atoms with van der Waals surface area (Å²) in [4.78, 5) is 27.3. The largest absolute Gasteiger partial charge is 0.444 e. The summed E-state index contributed by atoms with van der Waals surface area (Å²) >= 11 is 0. The van der Waals surface area contributed by atoms with Crippen LogP contribution >= 0.6 is 24.0 Å². The lowest BCUT2D eigenvalue weighted by Gasteiger charge is -2.19. The van der Waals surface area contributed by atoms with Crippen LogP contribution in [-0.2, 0) is 14.3 Å². The molecule has 0 spiro atoms. The van der Waals surface area contributed by atoms with Crippen LogP contribution in [0.5, 0.6) is 0 Å². The molecular formula is C16H34IN5O4. The number of aliphatic imine (C=N–C) groups is 1. The lowest BCUT2D eigenvalue weighted by molar-refractivity contribution is -0.119. The molecule has 0 bridgehead atoms. The van der Waals surface area contributed by atoms with Crippen molar-refractivity contribution in [2.75, 3.05) is 46.4 Å². The van der Waals surface area contributed by atoms with E-state index in [2.05, 4.69) is 26.3 Å². The molecular weight excluding hydrogens is 453 g/mol. The Kier molecular flexibility index (Phi) is 16.5. The predicted octanol–water partition coefficient (Wildman–Crippen LogP) is 0.837. The third kappa shape index (κ3) is 17.5. The lowest BCUT2D eigenvalue weighted by atomic mass is 10.2. The number of guanidine groups is 1. The molecule has 9 nitrogen and oxygen atoms in total. The van der Waals surface area contributed by atoms with E-state index < -0.39 is 11.7 Å². The zero-order valence-electron chi connectivity index (χ0n) is 16.4. The van der Waals surface area contributed by atoms with Gasteiger partial charge in [-0.3, -0.25) is 4.79 Å². The average molecular weight is 487 g/mol. The van der Waals surface area contributed by atoms with Gasteiger partial charge >= 0.3 is 6.09 Å². The van der Waals surface area contributed by atoms with Gasteiger partial charge in [0.25, 0.3) is 0 Å². The minimum Gasteiger partial charge on any atom is -0.444 e. The molecule has 154 valence electrons. The highest BCUT2D eigenvalue weighted by atomic mass is 127. The van der Waals surface area contributed by atoms with Gasteiger partial charge in [-0.05, 0) is 34.1 Å². The van der Waals surface area contributed by atoms with Gasteiger partial charge in [0.05, 0.1) is 6.61 Å². The third-order valence-corrected chi connectivity index (χ3v) is 2.67. The molecule has 0 aliphatic carbocycles. The number of nitrogens with one attached hydrogen (secondary N) is 4. The Morgan fingerprint density at radius 3 is 2.23 bits per heavy atom. The minimum absolute atomic E-state index is 0. The Bertz CT molecular complexity index is 427.